The molecule has 5 heteroatoms. The topological polar surface area (TPSA) is 66.0 Å². The van der Waals surface area contributed by atoms with Crippen LogP contribution in [-0.4, -0.2) is 20.9 Å². The highest BCUT2D eigenvalue weighted by molar-refractivity contribution is 6.32. The molecule has 1 aromatic carbocycles. The number of benzene rings is 1. The van der Waals surface area contributed by atoms with Gasteiger partial charge in [0.2, 0.25) is 0 Å². The highest BCUT2D eigenvalue weighted by Gasteiger charge is 2.42. The molecule has 1 aliphatic rings. The Labute approximate surface area is 150 Å². The van der Waals surface area contributed by atoms with Crippen LogP contribution in [0, 0.1) is 0 Å². The lowest BCUT2D eigenvalue weighted by molar-refractivity contribution is 0.101. The van der Waals surface area contributed by atoms with Gasteiger partial charge in [-0.1, -0.05) is 24.6 Å². The lowest BCUT2D eigenvalue weighted by Crippen LogP contribution is -2.06. The van der Waals surface area contributed by atoms with Gasteiger partial charge in [0.25, 0.3) is 0 Å². The zero-order chi connectivity index (χ0) is 17.8. The van der Waals surface area contributed by atoms with Crippen molar-refractivity contribution in [3.05, 3.63) is 58.0 Å². The van der Waals surface area contributed by atoms with Crippen LogP contribution in [0.5, 0.6) is 5.75 Å². The number of nitrogens with one attached hydrogen (secondary N) is 1. The Morgan fingerprint density at radius 1 is 1.36 bits per heavy atom. The Kier molecular flexibility index (Phi) is 3.62. The van der Waals surface area contributed by atoms with E-state index in [0.717, 1.165) is 35.0 Å². The molecule has 0 atom stereocenters. The van der Waals surface area contributed by atoms with Crippen molar-refractivity contribution in [2.24, 2.45) is 0 Å². The second-order valence-electron chi connectivity index (χ2n) is 7.14. The van der Waals surface area contributed by atoms with Crippen molar-refractivity contribution in [2.45, 2.75) is 38.5 Å². The molecule has 1 aliphatic carbocycles. The van der Waals surface area contributed by atoms with E-state index in [9.17, 15) is 9.90 Å². The van der Waals surface area contributed by atoms with Gasteiger partial charge in [0.05, 0.1) is 5.02 Å². The maximum absolute atomic E-state index is 11.6. The largest absolute Gasteiger partial charge is 0.506 e. The quantitative estimate of drug-likeness (QED) is 0.663. The number of hydrogen-bond donors (Lipinski definition) is 2. The number of rotatable bonds is 4. The highest BCUT2D eigenvalue weighted by atomic mass is 35.5. The first kappa shape index (κ1) is 16.2. The standard InChI is InChI=1S/C20H19ClN2O2/c1-11(24)16-5-3-4-12(22-16)8-14-13-9-18(25)15(21)10-17(13)23-19(14)20(2)6-7-20/h3-5,9-10,23,25H,6-8H2,1-2H3. The molecule has 0 radical (unpaired) electrons. The molecular weight excluding hydrogens is 336 g/mol. The third-order valence-electron chi connectivity index (χ3n) is 5.10. The summed E-state index contributed by atoms with van der Waals surface area (Å²) in [5.74, 6) is 0.0342. The van der Waals surface area contributed by atoms with Crippen LogP contribution in [0.15, 0.2) is 30.3 Å². The summed E-state index contributed by atoms with van der Waals surface area (Å²) >= 11 is 6.08. The smallest absolute Gasteiger partial charge is 0.178 e. The zero-order valence-electron chi connectivity index (χ0n) is 14.2. The second kappa shape index (κ2) is 5.60. The molecule has 0 unspecified atom stereocenters. The average molecular weight is 355 g/mol. The normalized spacial score (nSPS) is 15.5. The molecular formula is C20H19ClN2O2. The number of H-pyrrole nitrogens is 1. The number of phenols is 1. The summed E-state index contributed by atoms with van der Waals surface area (Å²) in [6.07, 6.45) is 2.87. The van der Waals surface area contributed by atoms with E-state index in [1.165, 1.54) is 12.6 Å². The molecule has 2 N–H and O–H groups in total. The Morgan fingerprint density at radius 3 is 2.80 bits per heavy atom. The maximum Gasteiger partial charge on any atom is 0.178 e. The number of ketones is 1. The van der Waals surface area contributed by atoms with Crippen LogP contribution in [0.1, 0.15) is 54.1 Å². The van der Waals surface area contributed by atoms with Crippen LogP contribution in [-0.2, 0) is 11.8 Å². The number of carbonyl (C=O) groups is 1. The number of fused-ring (bicyclic) bond motifs is 1. The van der Waals surface area contributed by atoms with Gasteiger partial charge < -0.3 is 10.1 Å². The van der Waals surface area contributed by atoms with E-state index < -0.39 is 0 Å². The van der Waals surface area contributed by atoms with E-state index in [-0.39, 0.29) is 16.9 Å². The minimum absolute atomic E-state index is 0.0421. The van der Waals surface area contributed by atoms with Crippen molar-refractivity contribution in [1.29, 1.82) is 0 Å². The number of halogens is 1. The number of aromatic amines is 1. The lowest BCUT2D eigenvalue weighted by Gasteiger charge is -2.11. The van der Waals surface area contributed by atoms with Gasteiger partial charge in [-0.2, -0.15) is 0 Å². The first-order valence-electron chi connectivity index (χ1n) is 8.38. The maximum atomic E-state index is 11.6. The second-order valence-corrected chi connectivity index (χ2v) is 7.54. The van der Waals surface area contributed by atoms with Gasteiger partial charge in [-0.25, -0.2) is 4.98 Å². The average Bonchev–Trinajstić information content (AvgIpc) is 3.23. The van der Waals surface area contributed by atoms with Crippen LogP contribution in [0.3, 0.4) is 0 Å². The molecule has 1 saturated carbocycles. The number of aromatic hydroxyl groups is 1. The van der Waals surface area contributed by atoms with Crippen molar-refractivity contribution >= 4 is 28.3 Å². The molecule has 2 heterocycles. The van der Waals surface area contributed by atoms with E-state index >= 15 is 0 Å². The van der Waals surface area contributed by atoms with Crippen molar-refractivity contribution in [1.82, 2.24) is 9.97 Å². The van der Waals surface area contributed by atoms with Gasteiger partial charge in [0, 0.05) is 41.1 Å². The fourth-order valence-electron chi connectivity index (χ4n) is 3.35. The summed E-state index contributed by atoms with van der Waals surface area (Å²) < 4.78 is 0. The number of Topliss-reactive ketones (excluding diaryl/α,β-unsaturated/α-hetero) is 1. The van der Waals surface area contributed by atoms with Crippen LogP contribution in [0.2, 0.25) is 5.02 Å². The van der Waals surface area contributed by atoms with Crippen LogP contribution >= 0.6 is 11.6 Å². The molecule has 0 saturated heterocycles. The number of pyridine rings is 1. The van der Waals surface area contributed by atoms with Gasteiger partial charge in [-0.15, -0.1) is 0 Å². The zero-order valence-corrected chi connectivity index (χ0v) is 14.9. The van der Waals surface area contributed by atoms with Crippen molar-refractivity contribution in [3.63, 3.8) is 0 Å². The number of nitrogens with zero attached hydrogens (tertiary/aromatic N) is 1. The van der Waals surface area contributed by atoms with Crippen molar-refractivity contribution < 1.29 is 9.90 Å². The Hall–Kier alpha value is -2.33. The van der Waals surface area contributed by atoms with E-state index in [2.05, 4.69) is 16.9 Å². The van der Waals surface area contributed by atoms with E-state index in [0.29, 0.717) is 17.1 Å². The Morgan fingerprint density at radius 2 is 2.12 bits per heavy atom. The number of aromatic nitrogens is 2. The molecule has 128 valence electrons. The number of carbonyl (C=O) groups excluding carboxylic acids is 1. The SMILES string of the molecule is CC(=O)c1cccc(Cc2c(C3(C)CC3)[nH]c3cc(Cl)c(O)cc23)n1. The fourth-order valence-corrected chi connectivity index (χ4v) is 3.51. The Bertz CT molecular complexity index is 1000. The molecule has 3 aromatic rings. The van der Waals surface area contributed by atoms with E-state index in [1.54, 1.807) is 18.2 Å². The summed E-state index contributed by atoms with van der Waals surface area (Å²) in [6.45, 7) is 3.76. The highest BCUT2D eigenvalue weighted by Crippen LogP contribution is 2.50. The van der Waals surface area contributed by atoms with Crippen molar-refractivity contribution in [3.8, 4) is 5.75 Å². The van der Waals surface area contributed by atoms with Crippen molar-refractivity contribution in [2.75, 3.05) is 0 Å². The van der Waals surface area contributed by atoms with Gasteiger partial charge >= 0.3 is 0 Å². The van der Waals surface area contributed by atoms with Crippen LogP contribution in [0.25, 0.3) is 10.9 Å². The van der Waals surface area contributed by atoms with Crippen LogP contribution < -0.4 is 0 Å². The minimum Gasteiger partial charge on any atom is -0.506 e. The molecule has 1 fully saturated rings. The molecule has 0 bridgehead atoms. The lowest BCUT2D eigenvalue weighted by atomic mass is 9.96. The first-order valence-corrected chi connectivity index (χ1v) is 8.75. The molecule has 4 nitrogen and oxygen atoms in total. The molecule has 0 amide bonds. The van der Waals surface area contributed by atoms with Gasteiger partial charge in [0.1, 0.15) is 11.4 Å². The number of phenolic OH excluding ortho intramolecular Hbond substituents is 1. The third-order valence-corrected chi connectivity index (χ3v) is 5.41. The molecule has 0 spiro atoms. The monoisotopic (exact) mass is 354 g/mol. The molecule has 2 aromatic heterocycles. The molecule has 4 rings (SSSR count). The number of hydrogen-bond acceptors (Lipinski definition) is 3. The Balaban J connectivity index is 1.86. The van der Waals surface area contributed by atoms with Crippen LogP contribution in [0.4, 0.5) is 0 Å². The van der Waals surface area contributed by atoms with E-state index in [1.807, 2.05) is 12.1 Å². The molecule has 0 aliphatic heterocycles. The predicted molar refractivity (Wildman–Crippen MR) is 98.6 cm³/mol. The fraction of sp³-hybridized carbons (Fsp3) is 0.300. The minimum atomic E-state index is -0.0421. The van der Waals surface area contributed by atoms with E-state index in [4.69, 9.17) is 11.6 Å². The third kappa shape index (κ3) is 2.81. The molecule has 25 heavy (non-hydrogen) atoms. The van der Waals surface area contributed by atoms with Gasteiger partial charge in [-0.05, 0) is 42.7 Å². The summed E-state index contributed by atoms with van der Waals surface area (Å²) in [6, 6.07) is 9.01. The van der Waals surface area contributed by atoms with Gasteiger partial charge in [-0.3, -0.25) is 4.79 Å². The summed E-state index contributed by atoms with van der Waals surface area (Å²) in [4.78, 5) is 19.6. The van der Waals surface area contributed by atoms with Gasteiger partial charge in [0.15, 0.2) is 5.78 Å². The summed E-state index contributed by atoms with van der Waals surface area (Å²) in [5.41, 5.74) is 4.67. The summed E-state index contributed by atoms with van der Waals surface area (Å²) in [5, 5.41) is 11.3. The summed E-state index contributed by atoms with van der Waals surface area (Å²) in [7, 11) is 0. The predicted octanol–water partition coefficient (Wildman–Crippen LogP) is 4.77. The first-order chi connectivity index (χ1) is 11.9.